The number of anilines is 2. The first-order valence-electron chi connectivity index (χ1n) is 7.75. The molecule has 0 aromatic heterocycles. The van der Waals surface area contributed by atoms with Gasteiger partial charge >= 0.3 is 0 Å². The molecule has 0 bridgehead atoms. The fraction of sp³-hybridized carbons (Fsp3) is 0.444. The van der Waals surface area contributed by atoms with Crippen LogP contribution in [0, 0.1) is 0 Å². The maximum Gasteiger partial charge on any atom is 0.100 e. The fourth-order valence-corrected chi connectivity index (χ4v) is 2.77. The second kappa shape index (κ2) is 7.32. The molecule has 1 aliphatic heterocycles. The number of allylic oxidation sites excluding steroid dienone is 3. The number of nitrogen functional groups attached to an aromatic ring is 1. The summed E-state index contributed by atoms with van der Waals surface area (Å²) in [4.78, 5) is 2.34. The van der Waals surface area contributed by atoms with Crippen LogP contribution in [-0.4, -0.2) is 18.2 Å². The lowest BCUT2D eigenvalue weighted by Gasteiger charge is -2.30. The van der Waals surface area contributed by atoms with Gasteiger partial charge in [0.2, 0.25) is 0 Å². The summed E-state index contributed by atoms with van der Waals surface area (Å²) in [6.45, 7) is 6.04. The van der Waals surface area contributed by atoms with Crippen molar-refractivity contribution < 1.29 is 5.11 Å². The van der Waals surface area contributed by atoms with Gasteiger partial charge in [-0.1, -0.05) is 24.3 Å². The van der Waals surface area contributed by atoms with E-state index in [2.05, 4.69) is 4.90 Å². The summed E-state index contributed by atoms with van der Waals surface area (Å²) >= 11 is 0. The number of nitrogens with zero attached hydrogens (tertiary/aromatic N) is 1. The standard InChI is InChI=1S/C18H26N2O/c1-3-4-8-14(2)18(21)15-9-10-17(16(19)13-15)20-11-6-5-7-12-20/h3-4,8-10,13,18,21H,5-7,11-12,19H2,1-2H3/b4-3-,14-8+. The first kappa shape index (κ1) is 15.6. The van der Waals surface area contributed by atoms with E-state index in [1.807, 2.05) is 50.3 Å². The number of piperidine rings is 1. The van der Waals surface area contributed by atoms with Gasteiger partial charge in [-0.2, -0.15) is 0 Å². The van der Waals surface area contributed by atoms with E-state index in [0.717, 1.165) is 35.6 Å². The van der Waals surface area contributed by atoms with Crippen LogP contribution in [0.15, 0.2) is 42.0 Å². The second-order valence-electron chi connectivity index (χ2n) is 5.70. The summed E-state index contributed by atoms with van der Waals surface area (Å²) in [5.41, 5.74) is 9.83. The van der Waals surface area contributed by atoms with Crippen LogP contribution in [0.5, 0.6) is 0 Å². The van der Waals surface area contributed by atoms with E-state index in [1.165, 1.54) is 19.3 Å². The average molecular weight is 286 g/mol. The number of nitrogens with two attached hydrogens (primary N) is 1. The lowest BCUT2D eigenvalue weighted by atomic mass is 10.0. The van der Waals surface area contributed by atoms with Crippen molar-refractivity contribution in [2.24, 2.45) is 0 Å². The Kier molecular flexibility index (Phi) is 5.45. The van der Waals surface area contributed by atoms with Gasteiger partial charge in [0.05, 0.1) is 11.4 Å². The highest BCUT2D eigenvalue weighted by molar-refractivity contribution is 5.69. The topological polar surface area (TPSA) is 49.5 Å². The number of hydrogen-bond acceptors (Lipinski definition) is 3. The number of hydrogen-bond donors (Lipinski definition) is 2. The summed E-state index contributed by atoms with van der Waals surface area (Å²) in [6.07, 6.45) is 8.98. The van der Waals surface area contributed by atoms with Gasteiger partial charge in [-0.25, -0.2) is 0 Å². The Morgan fingerprint density at radius 1 is 1.29 bits per heavy atom. The maximum absolute atomic E-state index is 10.4. The number of aliphatic hydroxyl groups excluding tert-OH is 1. The van der Waals surface area contributed by atoms with Gasteiger partial charge in [-0.3, -0.25) is 0 Å². The van der Waals surface area contributed by atoms with Crippen LogP contribution < -0.4 is 10.6 Å². The lowest BCUT2D eigenvalue weighted by Crippen LogP contribution is -2.30. The monoisotopic (exact) mass is 286 g/mol. The third kappa shape index (κ3) is 3.88. The molecule has 0 saturated carbocycles. The second-order valence-corrected chi connectivity index (χ2v) is 5.70. The molecule has 1 aromatic carbocycles. The smallest absolute Gasteiger partial charge is 0.100 e. The minimum Gasteiger partial charge on any atom is -0.397 e. The van der Waals surface area contributed by atoms with Gasteiger partial charge in [-0.15, -0.1) is 0 Å². The highest BCUT2D eigenvalue weighted by Gasteiger charge is 2.16. The van der Waals surface area contributed by atoms with Crippen LogP contribution in [0.25, 0.3) is 0 Å². The van der Waals surface area contributed by atoms with Crippen LogP contribution in [0.4, 0.5) is 11.4 Å². The summed E-state index contributed by atoms with van der Waals surface area (Å²) in [5.74, 6) is 0. The minimum absolute atomic E-state index is 0.598. The Bertz CT molecular complexity index is 528. The normalized spacial score (nSPS) is 18.2. The quantitative estimate of drug-likeness (QED) is 0.653. The van der Waals surface area contributed by atoms with E-state index >= 15 is 0 Å². The van der Waals surface area contributed by atoms with Crippen LogP contribution in [0.3, 0.4) is 0 Å². The molecular formula is C18H26N2O. The van der Waals surface area contributed by atoms with Crippen LogP contribution >= 0.6 is 0 Å². The van der Waals surface area contributed by atoms with E-state index < -0.39 is 6.10 Å². The van der Waals surface area contributed by atoms with Crippen LogP contribution in [-0.2, 0) is 0 Å². The van der Waals surface area contributed by atoms with Crippen molar-refractivity contribution in [1.82, 2.24) is 0 Å². The van der Waals surface area contributed by atoms with Gasteiger partial charge < -0.3 is 15.7 Å². The molecule has 1 aliphatic rings. The SMILES string of the molecule is C/C=C\C=C(/C)C(O)c1ccc(N2CCCCC2)c(N)c1. The van der Waals surface area contributed by atoms with Crippen molar-refractivity contribution >= 4 is 11.4 Å². The minimum atomic E-state index is -0.598. The molecule has 114 valence electrons. The average Bonchev–Trinajstić information content (AvgIpc) is 2.52. The predicted octanol–water partition coefficient (Wildman–Crippen LogP) is 3.81. The van der Waals surface area contributed by atoms with Crippen molar-refractivity contribution in [1.29, 1.82) is 0 Å². The third-order valence-corrected chi connectivity index (χ3v) is 4.05. The van der Waals surface area contributed by atoms with Gasteiger partial charge in [-0.05, 0) is 56.4 Å². The van der Waals surface area contributed by atoms with E-state index in [4.69, 9.17) is 5.73 Å². The van der Waals surface area contributed by atoms with E-state index in [0.29, 0.717) is 0 Å². The van der Waals surface area contributed by atoms with E-state index in [1.54, 1.807) is 0 Å². The zero-order chi connectivity index (χ0) is 15.2. The van der Waals surface area contributed by atoms with Crippen LogP contribution in [0.1, 0.15) is 44.8 Å². The Morgan fingerprint density at radius 3 is 2.62 bits per heavy atom. The van der Waals surface area contributed by atoms with Gasteiger partial charge in [0, 0.05) is 13.1 Å². The molecule has 1 aromatic rings. The van der Waals surface area contributed by atoms with Crippen molar-refractivity contribution in [3.8, 4) is 0 Å². The molecule has 1 heterocycles. The summed E-state index contributed by atoms with van der Waals surface area (Å²) in [7, 11) is 0. The molecule has 3 N–H and O–H groups in total. The van der Waals surface area contributed by atoms with Gasteiger partial charge in [0.1, 0.15) is 6.10 Å². The molecule has 1 saturated heterocycles. The molecule has 0 amide bonds. The molecule has 1 atom stereocenters. The zero-order valence-corrected chi connectivity index (χ0v) is 13.0. The molecule has 2 rings (SSSR count). The lowest BCUT2D eigenvalue weighted by molar-refractivity contribution is 0.216. The number of aliphatic hydroxyl groups is 1. The van der Waals surface area contributed by atoms with Crippen molar-refractivity contribution in [2.75, 3.05) is 23.7 Å². The molecule has 21 heavy (non-hydrogen) atoms. The van der Waals surface area contributed by atoms with Crippen molar-refractivity contribution in [3.63, 3.8) is 0 Å². The Morgan fingerprint density at radius 2 is 2.00 bits per heavy atom. The summed E-state index contributed by atoms with van der Waals surface area (Å²) < 4.78 is 0. The Labute approximate surface area is 127 Å². The van der Waals surface area contributed by atoms with Crippen LogP contribution in [0.2, 0.25) is 0 Å². The molecule has 3 nitrogen and oxygen atoms in total. The molecule has 1 fully saturated rings. The maximum atomic E-state index is 10.4. The summed E-state index contributed by atoms with van der Waals surface area (Å²) in [5, 5.41) is 10.4. The van der Waals surface area contributed by atoms with E-state index in [-0.39, 0.29) is 0 Å². The first-order valence-corrected chi connectivity index (χ1v) is 7.75. The molecule has 0 spiro atoms. The van der Waals surface area contributed by atoms with Gasteiger partial charge in [0.15, 0.2) is 0 Å². The third-order valence-electron chi connectivity index (χ3n) is 4.05. The number of benzene rings is 1. The largest absolute Gasteiger partial charge is 0.397 e. The molecule has 0 aliphatic carbocycles. The van der Waals surface area contributed by atoms with Crippen molar-refractivity contribution in [3.05, 3.63) is 47.6 Å². The molecule has 3 heteroatoms. The first-order chi connectivity index (χ1) is 10.1. The van der Waals surface area contributed by atoms with E-state index in [9.17, 15) is 5.11 Å². The highest BCUT2D eigenvalue weighted by atomic mass is 16.3. The van der Waals surface area contributed by atoms with Crippen molar-refractivity contribution in [2.45, 2.75) is 39.2 Å². The van der Waals surface area contributed by atoms with Gasteiger partial charge in [0.25, 0.3) is 0 Å². The fourth-order valence-electron chi connectivity index (χ4n) is 2.77. The molecule has 0 radical (unpaired) electrons. The molecular weight excluding hydrogens is 260 g/mol. The Balaban J connectivity index is 2.18. The zero-order valence-electron chi connectivity index (χ0n) is 13.0. The highest BCUT2D eigenvalue weighted by Crippen LogP contribution is 2.31. The number of rotatable bonds is 4. The predicted molar refractivity (Wildman–Crippen MR) is 90.4 cm³/mol. The molecule has 1 unspecified atom stereocenters. The summed E-state index contributed by atoms with van der Waals surface area (Å²) in [6, 6.07) is 5.93. The Hall–Kier alpha value is -1.74.